The van der Waals surface area contributed by atoms with Gasteiger partial charge in [0.2, 0.25) is 5.89 Å². The summed E-state index contributed by atoms with van der Waals surface area (Å²) in [5.41, 5.74) is 1.21. The Kier molecular flexibility index (Phi) is 3.46. The van der Waals surface area contributed by atoms with Crippen LogP contribution in [0.5, 0.6) is 0 Å². The molecule has 2 heterocycles. The Morgan fingerprint density at radius 2 is 2.05 bits per heavy atom. The van der Waals surface area contributed by atoms with E-state index in [1.165, 1.54) is 28.8 Å². The smallest absolute Gasteiger partial charge is 0.353 e. The van der Waals surface area contributed by atoms with Crippen molar-refractivity contribution in [3.63, 3.8) is 0 Å². The van der Waals surface area contributed by atoms with E-state index in [4.69, 9.17) is 4.52 Å². The van der Waals surface area contributed by atoms with Crippen LogP contribution in [0.3, 0.4) is 0 Å². The molecule has 6 nitrogen and oxygen atoms in total. The molecule has 0 bridgehead atoms. The minimum absolute atomic E-state index is 0.0856. The molecule has 0 saturated heterocycles. The van der Waals surface area contributed by atoms with Crippen LogP contribution < -0.4 is 0 Å². The summed E-state index contributed by atoms with van der Waals surface area (Å²) >= 11 is 0. The number of rotatable bonds is 4. The number of benzene rings is 1. The second kappa shape index (κ2) is 5.44. The lowest BCUT2D eigenvalue weighted by molar-refractivity contribution is 0.0686. The summed E-state index contributed by atoms with van der Waals surface area (Å²) < 4.78 is 19.5. The molecular formula is C15H12FN3O3. The van der Waals surface area contributed by atoms with Gasteiger partial charge in [-0.05, 0) is 30.7 Å². The van der Waals surface area contributed by atoms with E-state index in [0.29, 0.717) is 22.8 Å². The molecule has 3 rings (SSSR count). The van der Waals surface area contributed by atoms with Gasteiger partial charge in [0.1, 0.15) is 18.1 Å². The second-order valence-electron chi connectivity index (χ2n) is 4.75. The van der Waals surface area contributed by atoms with Gasteiger partial charge in [-0.25, -0.2) is 9.18 Å². The number of aromatic nitrogens is 3. The summed E-state index contributed by atoms with van der Waals surface area (Å²) in [7, 11) is 0. The number of nitrogens with zero attached hydrogens (tertiary/aromatic N) is 3. The maximum atomic E-state index is 13.0. The molecule has 7 heteroatoms. The molecule has 0 unspecified atom stereocenters. The highest BCUT2D eigenvalue weighted by Gasteiger charge is 2.19. The van der Waals surface area contributed by atoms with E-state index in [2.05, 4.69) is 10.1 Å². The Labute approximate surface area is 124 Å². The molecule has 0 spiro atoms. The average Bonchev–Trinajstić information content (AvgIpc) is 3.07. The van der Waals surface area contributed by atoms with Gasteiger partial charge >= 0.3 is 5.97 Å². The molecule has 3 aromatic rings. The summed E-state index contributed by atoms with van der Waals surface area (Å²) in [5.74, 6) is -0.652. The minimum Gasteiger partial charge on any atom is -0.477 e. The Balaban J connectivity index is 2.02. The fraction of sp³-hybridized carbons (Fsp3) is 0.133. The van der Waals surface area contributed by atoms with Crippen molar-refractivity contribution >= 4 is 5.97 Å². The van der Waals surface area contributed by atoms with Crippen molar-refractivity contribution in [3.8, 4) is 11.1 Å². The van der Waals surface area contributed by atoms with Crippen molar-refractivity contribution in [1.82, 2.24) is 14.7 Å². The molecule has 1 aromatic carbocycles. The van der Waals surface area contributed by atoms with Crippen molar-refractivity contribution in [1.29, 1.82) is 0 Å². The first-order valence-corrected chi connectivity index (χ1v) is 6.52. The predicted octanol–water partition coefficient (Wildman–Crippen LogP) is 2.73. The number of carbonyl (C=O) groups is 1. The SMILES string of the molecule is Cc1noc(Cn2ccc(-c3ccc(F)cc3)c2C(=O)O)n1. The summed E-state index contributed by atoms with van der Waals surface area (Å²) in [6.07, 6.45) is 1.63. The van der Waals surface area contributed by atoms with Crippen LogP contribution in [0.1, 0.15) is 22.2 Å². The first-order chi connectivity index (χ1) is 10.5. The number of carboxylic acids is 1. The van der Waals surface area contributed by atoms with Crippen LogP contribution in [0.2, 0.25) is 0 Å². The lowest BCUT2D eigenvalue weighted by Crippen LogP contribution is -2.10. The standard InChI is InChI=1S/C15H12FN3O3/c1-9-17-13(22-18-9)8-19-7-6-12(14(19)15(20)21)10-2-4-11(16)5-3-10/h2-7H,8H2,1H3,(H,20,21). The fourth-order valence-electron chi connectivity index (χ4n) is 2.25. The van der Waals surface area contributed by atoms with Gasteiger partial charge in [0.05, 0.1) is 0 Å². The van der Waals surface area contributed by atoms with Crippen molar-refractivity contribution in [3.05, 3.63) is 59.8 Å². The zero-order valence-corrected chi connectivity index (χ0v) is 11.7. The minimum atomic E-state index is -1.08. The van der Waals surface area contributed by atoms with E-state index in [9.17, 15) is 14.3 Å². The number of aromatic carboxylic acids is 1. The van der Waals surface area contributed by atoms with E-state index in [1.54, 1.807) is 19.2 Å². The molecule has 0 aliphatic carbocycles. The van der Waals surface area contributed by atoms with E-state index in [1.807, 2.05) is 0 Å². The molecule has 22 heavy (non-hydrogen) atoms. The lowest BCUT2D eigenvalue weighted by Gasteiger charge is -2.06. The van der Waals surface area contributed by atoms with Gasteiger partial charge in [0, 0.05) is 11.8 Å². The predicted molar refractivity (Wildman–Crippen MR) is 74.9 cm³/mol. The quantitative estimate of drug-likeness (QED) is 0.801. The molecule has 0 radical (unpaired) electrons. The third-order valence-electron chi connectivity index (χ3n) is 3.20. The van der Waals surface area contributed by atoms with Crippen molar-refractivity contribution in [2.24, 2.45) is 0 Å². The molecule has 0 saturated carbocycles. The van der Waals surface area contributed by atoms with Crippen LogP contribution in [-0.4, -0.2) is 25.8 Å². The van der Waals surface area contributed by atoms with E-state index in [0.717, 1.165) is 0 Å². The number of hydrogen-bond donors (Lipinski definition) is 1. The molecule has 0 aliphatic rings. The molecule has 0 fully saturated rings. The summed E-state index contributed by atoms with van der Waals surface area (Å²) in [5, 5.41) is 13.1. The van der Waals surface area contributed by atoms with Gasteiger partial charge in [-0.15, -0.1) is 0 Å². The highest BCUT2D eigenvalue weighted by atomic mass is 19.1. The molecule has 0 aliphatic heterocycles. The number of hydrogen-bond acceptors (Lipinski definition) is 4. The monoisotopic (exact) mass is 301 g/mol. The third kappa shape index (κ3) is 2.60. The Morgan fingerprint density at radius 3 is 2.64 bits per heavy atom. The Hall–Kier alpha value is -2.96. The normalized spacial score (nSPS) is 10.8. The number of aryl methyl sites for hydroxylation is 1. The van der Waals surface area contributed by atoms with Crippen LogP contribution in [0.15, 0.2) is 41.1 Å². The van der Waals surface area contributed by atoms with Gasteiger partial charge in [-0.3, -0.25) is 0 Å². The van der Waals surface area contributed by atoms with E-state index >= 15 is 0 Å². The first-order valence-electron chi connectivity index (χ1n) is 6.52. The van der Waals surface area contributed by atoms with Crippen LogP contribution in [-0.2, 0) is 6.54 Å². The summed E-state index contributed by atoms with van der Waals surface area (Å²) in [4.78, 5) is 15.6. The highest BCUT2D eigenvalue weighted by molar-refractivity contribution is 5.94. The Morgan fingerprint density at radius 1 is 1.32 bits per heavy atom. The lowest BCUT2D eigenvalue weighted by atomic mass is 10.1. The van der Waals surface area contributed by atoms with Gasteiger partial charge in [0.25, 0.3) is 0 Å². The molecule has 2 aromatic heterocycles. The Bertz CT molecular complexity index is 821. The average molecular weight is 301 g/mol. The van der Waals surface area contributed by atoms with Crippen LogP contribution >= 0.6 is 0 Å². The molecular weight excluding hydrogens is 289 g/mol. The largest absolute Gasteiger partial charge is 0.477 e. The van der Waals surface area contributed by atoms with Crippen molar-refractivity contribution in [2.75, 3.05) is 0 Å². The van der Waals surface area contributed by atoms with Crippen molar-refractivity contribution in [2.45, 2.75) is 13.5 Å². The molecule has 0 amide bonds. The molecule has 112 valence electrons. The van der Waals surface area contributed by atoms with Gasteiger partial charge in [0.15, 0.2) is 5.82 Å². The maximum absolute atomic E-state index is 13.0. The number of halogens is 1. The van der Waals surface area contributed by atoms with Crippen molar-refractivity contribution < 1.29 is 18.8 Å². The second-order valence-corrected chi connectivity index (χ2v) is 4.75. The fourth-order valence-corrected chi connectivity index (χ4v) is 2.25. The zero-order chi connectivity index (χ0) is 15.7. The van der Waals surface area contributed by atoms with Crippen LogP contribution in [0.25, 0.3) is 11.1 Å². The topological polar surface area (TPSA) is 81.2 Å². The first kappa shape index (κ1) is 14.0. The van der Waals surface area contributed by atoms with Gasteiger partial charge < -0.3 is 14.2 Å². The van der Waals surface area contributed by atoms with Crippen LogP contribution in [0.4, 0.5) is 4.39 Å². The van der Waals surface area contributed by atoms with E-state index < -0.39 is 5.97 Å². The summed E-state index contributed by atoms with van der Waals surface area (Å²) in [6, 6.07) is 7.33. The number of carboxylic acid groups (broad SMARTS) is 1. The molecule has 0 atom stereocenters. The third-order valence-corrected chi connectivity index (χ3v) is 3.20. The molecule has 1 N–H and O–H groups in total. The maximum Gasteiger partial charge on any atom is 0.353 e. The van der Waals surface area contributed by atoms with Gasteiger partial charge in [-0.1, -0.05) is 17.3 Å². The van der Waals surface area contributed by atoms with Crippen LogP contribution in [0, 0.1) is 12.7 Å². The summed E-state index contributed by atoms with van der Waals surface area (Å²) in [6.45, 7) is 1.84. The van der Waals surface area contributed by atoms with E-state index in [-0.39, 0.29) is 18.1 Å². The van der Waals surface area contributed by atoms with Gasteiger partial charge in [-0.2, -0.15) is 4.98 Å². The zero-order valence-electron chi connectivity index (χ0n) is 11.7. The highest BCUT2D eigenvalue weighted by Crippen LogP contribution is 2.26.